The Hall–Kier alpha value is -1.55. The van der Waals surface area contributed by atoms with Crippen molar-refractivity contribution in [1.82, 2.24) is 10.2 Å². The molecule has 19 heavy (non-hydrogen) atoms. The zero-order valence-corrected chi connectivity index (χ0v) is 11.5. The second-order valence-corrected chi connectivity index (χ2v) is 4.90. The molecule has 1 fully saturated rings. The molecule has 0 aliphatic carbocycles. The van der Waals surface area contributed by atoms with Gasteiger partial charge in [-0.1, -0.05) is 12.1 Å². The minimum absolute atomic E-state index is 0.0963. The molecule has 0 aromatic heterocycles. The quantitative estimate of drug-likeness (QED) is 0.879. The van der Waals surface area contributed by atoms with Crippen LogP contribution in [0.1, 0.15) is 24.8 Å². The van der Waals surface area contributed by atoms with Gasteiger partial charge in [0, 0.05) is 19.6 Å². The number of ether oxygens (including phenoxy) is 1. The maximum absolute atomic E-state index is 11.9. The average molecular weight is 262 g/mol. The highest BCUT2D eigenvalue weighted by Gasteiger charge is 2.16. The van der Waals surface area contributed by atoms with E-state index in [2.05, 4.69) is 5.32 Å². The van der Waals surface area contributed by atoms with Crippen LogP contribution in [0.4, 0.5) is 0 Å². The smallest absolute Gasteiger partial charge is 0.260 e. The van der Waals surface area contributed by atoms with Crippen molar-refractivity contribution in [3.8, 4) is 5.75 Å². The second kappa shape index (κ2) is 7.14. The fraction of sp³-hybridized carbons (Fsp3) is 0.533. The highest BCUT2D eigenvalue weighted by atomic mass is 16.5. The van der Waals surface area contributed by atoms with E-state index >= 15 is 0 Å². The van der Waals surface area contributed by atoms with Crippen molar-refractivity contribution in [3.63, 3.8) is 0 Å². The van der Waals surface area contributed by atoms with Gasteiger partial charge < -0.3 is 15.0 Å². The van der Waals surface area contributed by atoms with Crippen LogP contribution in [0.15, 0.2) is 24.3 Å². The van der Waals surface area contributed by atoms with E-state index in [4.69, 9.17) is 4.74 Å². The number of nitrogens with zero attached hydrogens (tertiary/aromatic N) is 1. The largest absolute Gasteiger partial charge is 0.484 e. The summed E-state index contributed by atoms with van der Waals surface area (Å²) in [5.41, 5.74) is 1.21. The number of rotatable bonds is 5. The molecule has 1 aliphatic rings. The third kappa shape index (κ3) is 4.24. The summed E-state index contributed by atoms with van der Waals surface area (Å²) < 4.78 is 5.54. The van der Waals surface area contributed by atoms with Gasteiger partial charge in [0.05, 0.1) is 0 Å². The number of carbonyl (C=O) groups excluding carboxylic acids is 1. The molecule has 2 rings (SSSR count). The normalized spacial score (nSPS) is 15.3. The molecule has 0 saturated carbocycles. The first-order valence-electron chi connectivity index (χ1n) is 6.94. The molecule has 0 atom stereocenters. The molecule has 0 spiro atoms. The lowest BCUT2D eigenvalue weighted by Gasteiger charge is -2.26. The van der Waals surface area contributed by atoms with Crippen LogP contribution in [0.25, 0.3) is 0 Å². The Morgan fingerprint density at radius 2 is 1.89 bits per heavy atom. The van der Waals surface area contributed by atoms with Gasteiger partial charge in [-0.05, 0) is 44.0 Å². The summed E-state index contributed by atoms with van der Waals surface area (Å²) in [6.45, 7) is 2.74. The zero-order chi connectivity index (χ0) is 13.5. The molecule has 1 aromatic carbocycles. The Bertz CT molecular complexity index is 397. The molecule has 1 amide bonds. The molecule has 0 radical (unpaired) electrons. The lowest BCUT2D eigenvalue weighted by atomic mass is 10.1. The fourth-order valence-corrected chi connectivity index (χ4v) is 2.29. The highest BCUT2D eigenvalue weighted by Crippen LogP contribution is 2.13. The number of hydrogen-bond acceptors (Lipinski definition) is 3. The molecular weight excluding hydrogens is 240 g/mol. The van der Waals surface area contributed by atoms with Gasteiger partial charge in [-0.15, -0.1) is 0 Å². The number of piperidine rings is 1. The van der Waals surface area contributed by atoms with Gasteiger partial charge in [-0.3, -0.25) is 4.79 Å². The fourth-order valence-electron chi connectivity index (χ4n) is 2.29. The molecule has 1 aliphatic heterocycles. The summed E-state index contributed by atoms with van der Waals surface area (Å²) in [4.78, 5) is 13.8. The third-order valence-corrected chi connectivity index (χ3v) is 3.38. The zero-order valence-electron chi connectivity index (χ0n) is 11.5. The lowest BCUT2D eigenvalue weighted by Crippen LogP contribution is -2.38. The van der Waals surface area contributed by atoms with Gasteiger partial charge >= 0.3 is 0 Å². The first kappa shape index (κ1) is 13.9. The molecule has 1 saturated heterocycles. The average Bonchev–Trinajstić information content (AvgIpc) is 2.47. The van der Waals surface area contributed by atoms with E-state index in [0.29, 0.717) is 0 Å². The Morgan fingerprint density at radius 1 is 1.21 bits per heavy atom. The van der Waals surface area contributed by atoms with Crippen molar-refractivity contribution < 1.29 is 9.53 Å². The Labute approximate surface area is 114 Å². The van der Waals surface area contributed by atoms with E-state index < -0.39 is 0 Å². The van der Waals surface area contributed by atoms with Crippen molar-refractivity contribution in [2.45, 2.75) is 25.8 Å². The van der Waals surface area contributed by atoms with E-state index in [1.165, 1.54) is 12.0 Å². The van der Waals surface area contributed by atoms with Crippen molar-refractivity contribution in [2.24, 2.45) is 0 Å². The predicted octanol–water partition coefficient (Wildman–Crippen LogP) is 1.80. The first-order chi connectivity index (χ1) is 9.29. The molecule has 4 heteroatoms. The highest BCUT2D eigenvalue weighted by molar-refractivity contribution is 5.77. The first-order valence-corrected chi connectivity index (χ1v) is 6.94. The molecule has 1 heterocycles. The standard InChI is InChI=1S/C15H22N2O2/c1-16-11-13-5-7-14(8-6-13)19-12-15(18)17-9-3-2-4-10-17/h5-8,16H,2-4,9-12H2,1H3. The van der Waals surface area contributed by atoms with Gasteiger partial charge in [0.25, 0.3) is 5.91 Å². The van der Waals surface area contributed by atoms with Crippen molar-refractivity contribution >= 4 is 5.91 Å². The molecular formula is C15H22N2O2. The van der Waals surface area contributed by atoms with Crippen LogP contribution in [0.5, 0.6) is 5.75 Å². The monoisotopic (exact) mass is 262 g/mol. The van der Waals surface area contributed by atoms with Gasteiger partial charge in [-0.25, -0.2) is 0 Å². The van der Waals surface area contributed by atoms with Crippen LogP contribution in [0.3, 0.4) is 0 Å². The molecule has 1 N–H and O–H groups in total. The Morgan fingerprint density at radius 3 is 2.53 bits per heavy atom. The van der Waals surface area contributed by atoms with E-state index in [0.717, 1.165) is 38.2 Å². The van der Waals surface area contributed by atoms with Gasteiger partial charge in [0.1, 0.15) is 5.75 Å². The van der Waals surface area contributed by atoms with Crippen LogP contribution in [0, 0.1) is 0 Å². The number of hydrogen-bond donors (Lipinski definition) is 1. The minimum Gasteiger partial charge on any atom is -0.484 e. The number of benzene rings is 1. The molecule has 0 bridgehead atoms. The summed E-state index contributed by atoms with van der Waals surface area (Å²) in [5.74, 6) is 0.851. The van der Waals surface area contributed by atoms with E-state index in [-0.39, 0.29) is 12.5 Å². The Balaban J connectivity index is 1.79. The second-order valence-electron chi connectivity index (χ2n) is 4.90. The summed E-state index contributed by atoms with van der Waals surface area (Å²) in [6, 6.07) is 7.85. The minimum atomic E-state index is 0.0963. The van der Waals surface area contributed by atoms with E-state index in [1.54, 1.807) is 0 Å². The summed E-state index contributed by atoms with van der Waals surface area (Å²) in [5, 5.41) is 3.10. The van der Waals surface area contributed by atoms with Crippen LogP contribution in [-0.4, -0.2) is 37.6 Å². The predicted molar refractivity (Wildman–Crippen MR) is 75.1 cm³/mol. The molecule has 0 unspecified atom stereocenters. The maximum atomic E-state index is 11.9. The summed E-state index contributed by atoms with van der Waals surface area (Å²) in [7, 11) is 1.92. The summed E-state index contributed by atoms with van der Waals surface area (Å²) >= 11 is 0. The van der Waals surface area contributed by atoms with Gasteiger partial charge in [0.2, 0.25) is 0 Å². The van der Waals surface area contributed by atoms with E-state index in [9.17, 15) is 4.79 Å². The molecule has 104 valence electrons. The van der Waals surface area contributed by atoms with Gasteiger partial charge in [0.15, 0.2) is 6.61 Å². The SMILES string of the molecule is CNCc1ccc(OCC(=O)N2CCCCC2)cc1. The number of carbonyl (C=O) groups is 1. The van der Waals surface area contributed by atoms with Crippen molar-refractivity contribution in [1.29, 1.82) is 0 Å². The van der Waals surface area contributed by atoms with Crippen LogP contribution in [0.2, 0.25) is 0 Å². The number of nitrogens with one attached hydrogen (secondary N) is 1. The maximum Gasteiger partial charge on any atom is 0.260 e. The number of likely N-dealkylation sites (tertiary alicyclic amines) is 1. The van der Waals surface area contributed by atoms with Gasteiger partial charge in [-0.2, -0.15) is 0 Å². The summed E-state index contributed by atoms with van der Waals surface area (Å²) in [6.07, 6.45) is 3.46. The van der Waals surface area contributed by atoms with E-state index in [1.807, 2.05) is 36.2 Å². The van der Waals surface area contributed by atoms with Crippen molar-refractivity contribution in [2.75, 3.05) is 26.7 Å². The lowest BCUT2D eigenvalue weighted by molar-refractivity contribution is -0.134. The molecule has 4 nitrogen and oxygen atoms in total. The Kier molecular flexibility index (Phi) is 5.21. The van der Waals surface area contributed by atoms with Crippen LogP contribution in [-0.2, 0) is 11.3 Å². The third-order valence-electron chi connectivity index (χ3n) is 3.38. The number of amides is 1. The topological polar surface area (TPSA) is 41.6 Å². The molecule has 1 aromatic rings. The van der Waals surface area contributed by atoms with Crippen LogP contribution < -0.4 is 10.1 Å². The van der Waals surface area contributed by atoms with Crippen molar-refractivity contribution in [3.05, 3.63) is 29.8 Å². The van der Waals surface area contributed by atoms with Crippen LogP contribution >= 0.6 is 0 Å².